The lowest BCUT2D eigenvalue weighted by atomic mass is 10.0. The fraction of sp³-hybridized carbons (Fsp3) is 0.478. The summed E-state index contributed by atoms with van der Waals surface area (Å²) in [6.07, 6.45) is 5.14. The van der Waals surface area contributed by atoms with Crippen LogP contribution in [0.2, 0.25) is 0 Å². The summed E-state index contributed by atoms with van der Waals surface area (Å²) in [5.74, 6) is 0.292. The van der Waals surface area contributed by atoms with Gasteiger partial charge in [0, 0.05) is 32.2 Å². The van der Waals surface area contributed by atoms with Gasteiger partial charge in [0.05, 0.1) is 11.8 Å². The number of nitrogens with zero attached hydrogens (tertiary/aromatic N) is 4. The molecule has 4 rings (SSSR count). The van der Waals surface area contributed by atoms with E-state index in [9.17, 15) is 14.9 Å². The maximum absolute atomic E-state index is 12.5. The number of nitrogens with one attached hydrogen (secondary N) is 1. The second-order valence-corrected chi connectivity index (χ2v) is 8.12. The van der Waals surface area contributed by atoms with Gasteiger partial charge >= 0.3 is 11.8 Å². The molecule has 2 amide bonds. The Morgan fingerprint density at radius 3 is 2.65 bits per heavy atom. The van der Waals surface area contributed by atoms with Gasteiger partial charge in [-0.2, -0.15) is 5.26 Å². The van der Waals surface area contributed by atoms with Crippen LogP contribution in [0.5, 0.6) is 0 Å². The molecule has 0 bridgehead atoms. The largest absolute Gasteiger partial charge is 0.463 e. The van der Waals surface area contributed by atoms with Gasteiger partial charge in [0.25, 0.3) is 0 Å². The van der Waals surface area contributed by atoms with Gasteiger partial charge in [0.2, 0.25) is 0 Å². The number of hydrogen-bond acceptors (Lipinski definition) is 6. The third-order valence-corrected chi connectivity index (χ3v) is 6.16. The molecule has 1 atom stereocenters. The van der Waals surface area contributed by atoms with Crippen LogP contribution in [0.15, 0.2) is 22.8 Å². The van der Waals surface area contributed by atoms with Crippen molar-refractivity contribution in [3.05, 3.63) is 35.1 Å². The molecule has 1 N–H and O–H groups in total. The molecule has 2 aromatic rings. The van der Waals surface area contributed by atoms with Gasteiger partial charge in [-0.3, -0.25) is 9.59 Å². The van der Waals surface area contributed by atoms with E-state index in [0.717, 1.165) is 42.5 Å². The van der Waals surface area contributed by atoms with E-state index in [4.69, 9.17) is 9.40 Å². The fourth-order valence-corrected chi connectivity index (χ4v) is 4.26. The Balaban J connectivity index is 1.55. The normalized spacial score (nSPS) is 16.5. The van der Waals surface area contributed by atoms with Gasteiger partial charge in [0.15, 0.2) is 5.76 Å². The van der Waals surface area contributed by atoms with Crippen LogP contribution in [-0.4, -0.2) is 53.9 Å². The van der Waals surface area contributed by atoms with Gasteiger partial charge in [-0.05, 0) is 55.9 Å². The van der Waals surface area contributed by atoms with Crippen molar-refractivity contribution in [1.82, 2.24) is 15.2 Å². The summed E-state index contributed by atoms with van der Waals surface area (Å²) >= 11 is 0. The first-order chi connectivity index (χ1) is 15.0. The van der Waals surface area contributed by atoms with E-state index >= 15 is 0 Å². The average molecular weight is 422 g/mol. The molecule has 0 radical (unpaired) electrons. The topological polar surface area (TPSA) is 102 Å². The van der Waals surface area contributed by atoms with Crippen LogP contribution < -0.4 is 10.2 Å². The average Bonchev–Trinajstić information content (AvgIpc) is 3.50. The number of aromatic nitrogens is 1. The number of carbonyl (C=O) groups is 2. The van der Waals surface area contributed by atoms with Gasteiger partial charge in [-0.1, -0.05) is 6.92 Å². The van der Waals surface area contributed by atoms with E-state index < -0.39 is 11.8 Å². The third-order valence-electron chi connectivity index (χ3n) is 6.16. The number of amides is 2. The van der Waals surface area contributed by atoms with E-state index in [-0.39, 0.29) is 6.04 Å². The first-order valence-electron chi connectivity index (χ1n) is 10.9. The number of furan rings is 1. The second-order valence-electron chi connectivity index (χ2n) is 8.12. The predicted octanol–water partition coefficient (Wildman–Crippen LogP) is 2.27. The van der Waals surface area contributed by atoms with Crippen LogP contribution in [-0.2, 0) is 22.4 Å². The Labute approximate surface area is 181 Å². The van der Waals surface area contributed by atoms with E-state index in [2.05, 4.69) is 11.4 Å². The lowest BCUT2D eigenvalue weighted by molar-refractivity contribution is -0.146. The summed E-state index contributed by atoms with van der Waals surface area (Å²) < 4.78 is 5.62. The summed E-state index contributed by atoms with van der Waals surface area (Å²) in [6, 6.07) is 6.06. The van der Waals surface area contributed by atoms with Crippen molar-refractivity contribution < 1.29 is 14.0 Å². The van der Waals surface area contributed by atoms with Crippen LogP contribution in [0.1, 0.15) is 43.4 Å². The van der Waals surface area contributed by atoms with Gasteiger partial charge < -0.3 is 19.5 Å². The zero-order valence-corrected chi connectivity index (χ0v) is 18.0. The molecule has 2 aromatic heterocycles. The lowest BCUT2D eigenvalue weighted by Gasteiger charge is -2.36. The molecule has 31 heavy (non-hydrogen) atoms. The number of anilines is 1. The fourth-order valence-electron chi connectivity index (χ4n) is 4.26. The Bertz CT molecular complexity index is 1020. The van der Waals surface area contributed by atoms with Crippen molar-refractivity contribution in [2.24, 2.45) is 0 Å². The van der Waals surface area contributed by atoms with E-state index in [0.29, 0.717) is 43.3 Å². The molecule has 162 valence electrons. The minimum atomic E-state index is -0.559. The van der Waals surface area contributed by atoms with Crippen molar-refractivity contribution >= 4 is 17.6 Å². The third kappa shape index (κ3) is 4.00. The van der Waals surface area contributed by atoms with Crippen molar-refractivity contribution in [3.63, 3.8) is 0 Å². The Hall–Kier alpha value is -3.34. The van der Waals surface area contributed by atoms with Gasteiger partial charge in [0.1, 0.15) is 17.6 Å². The Kier molecular flexibility index (Phi) is 5.94. The number of nitriles is 1. The Morgan fingerprint density at radius 1 is 1.26 bits per heavy atom. The first kappa shape index (κ1) is 20.9. The minimum Gasteiger partial charge on any atom is -0.463 e. The van der Waals surface area contributed by atoms with Crippen LogP contribution in [0.4, 0.5) is 5.82 Å². The molecule has 1 fully saturated rings. The monoisotopic (exact) mass is 421 g/mol. The molecule has 1 aliphatic heterocycles. The Morgan fingerprint density at radius 2 is 2.00 bits per heavy atom. The molecule has 1 saturated heterocycles. The highest BCUT2D eigenvalue weighted by molar-refractivity contribution is 6.35. The maximum atomic E-state index is 12.5. The summed E-state index contributed by atoms with van der Waals surface area (Å²) in [7, 11) is 0. The second kappa shape index (κ2) is 8.80. The molecular weight excluding hydrogens is 394 g/mol. The number of fused-ring (bicyclic) bond motifs is 1. The van der Waals surface area contributed by atoms with E-state index in [1.807, 2.05) is 30.9 Å². The predicted molar refractivity (Wildman–Crippen MR) is 115 cm³/mol. The van der Waals surface area contributed by atoms with Gasteiger partial charge in [-0.25, -0.2) is 4.98 Å². The smallest absolute Gasteiger partial charge is 0.312 e. The molecule has 8 nitrogen and oxygen atoms in total. The summed E-state index contributed by atoms with van der Waals surface area (Å²) in [6.45, 7) is 5.68. The molecule has 3 heterocycles. The van der Waals surface area contributed by atoms with Crippen molar-refractivity contribution in [1.29, 1.82) is 5.26 Å². The van der Waals surface area contributed by atoms with Crippen molar-refractivity contribution in [2.75, 3.05) is 31.1 Å². The van der Waals surface area contributed by atoms with E-state index in [1.165, 1.54) is 0 Å². The molecule has 0 saturated carbocycles. The minimum absolute atomic E-state index is 0.0356. The summed E-state index contributed by atoms with van der Waals surface area (Å²) in [5, 5.41) is 12.6. The summed E-state index contributed by atoms with van der Waals surface area (Å²) in [5.41, 5.74) is 3.59. The molecule has 1 aliphatic carbocycles. The molecule has 8 heteroatoms. The van der Waals surface area contributed by atoms with Crippen molar-refractivity contribution in [3.8, 4) is 17.5 Å². The molecule has 2 aliphatic rings. The van der Waals surface area contributed by atoms with E-state index in [1.54, 1.807) is 11.2 Å². The lowest BCUT2D eigenvalue weighted by Crippen LogP contribution is -2.53. The van der Waals surface area contributed by atoms with Crippen molar-refractivity contribution in [2.45, 2.75) is 45.6 Å². The number of hydrogen-bond donors (Lipinski definition) is 1. The number of pyridine rings is 1. The standard InChI is InChI=1S/C23H27N5O3/c1-3-15(2)25-22(29)23(30)28-11-9-27(10-12-28)21-18(14-24)16-6-4-7-17(16)20(26-21)19-8-5-13-31-19/h5,8,13,15H,3-4,6-7,9-12H2,1-2H3,(H,25,29)/t15-/m1/s1. The van der Waals surface area contributed by atoms with Crippen LogP contribution in [0, 0.1) is 11.3 Å². The van der Waals surface area contributed by atoms with Crippen LogP contribution in [0.3, 0.4) is 0 Å². The number of piperazine rings is 1. The highest BCUT2D eigenvalue weighted by atomic mass is 16.3. The first-order valence-corrected chi connectivity index (χ1v) is 10.9. The number of rotatable bonds is 4. The van der Waals surface area contributed by atoms with Crippen LogP contribution in [0.25, 0.3) is 11.5 Å². The highest BCUT2D eigenvalue weighted by Gasteiger charge is 2.31. The highest BCUT2D eigenvalue weighted by Crippen LogP contribution is 2.37. The molecular formula is C23H27N5O3. The number of carbonyl (C=O) groups excluding carboxylic acids is 2. The quantitative estimate of drug-likeness (QED) is 0.760. The molecule has 0 unspecified atom stereocenters. The SMILES string of the molecule is CC[C@@H](C)NC(=O)C(=O)N1CCN(c2nc(-c3ccco3)c3c(c2C#N)CCC3)CC1. The zero-order valence-electron chi connectivity index (χ0n) is 18.0. The molecule has 0 spiro atoms. The summed E-state index contributed by atoms with van der Waals surface area (Å²) in [4.78, 5) is 33.2. The van der Waals surface area contributed by atoms with Crippen LogP contribution >= 0.6 is 0 Å². The molecule has 0 aromatic carbocycles. The zero-order chi connectivity index (χ0) is 22.0. The maximum Gasteiger partial charge on any atom is 0.312 e. The van der Waals surface area contributed by atoms with Gasteiger partial charge in [-0.15, -0.1) is 0 Å².